The summed E-state index contributed by atoms with van der Waals surface area (Å²) in [5.41, 5.74) is 7.38. The van der Waals surface area contributed by atoms with Crippen molar-refractivity contribution < 1.29 is 28.7 Å². The van der Waals surface area contributed by atoms with Crippen LogP contribution in [0.2, 0.25) is 0 Å². The Kier molecular flexibility index (Phi) is 11.5. The molecule has 0 radical (unpaired) electrons. The summed E-state index contributed by atoms with van der Waals surface area (Å²) in [5.74, 6) is 0.744. The van der Waals surface area contributed by atoms with Crippen molar-refractivity contribution in [3.8, 4) is 22.4 Å². The van der Waals surface area contributed by atoms with Gasteiger partial charge in [-0.15, -0.1) is 0 Å². The summed E-state index contributed by atoms with van der Waals surface area (Å²) in [6, 6.07) is 20.0. The maximum absolute atomic E-state index is 14.0. The molecule has 13 nitrogen and oxygen atoms in total. The molecule has 2 saturated heterocycles. The molecule has 1 aliphatic carbocycles. The maximum Gasteiger partial charge on any atom is 0.407 e. The van der Waals surface area contributed by atoms with E-state index in [1.807, 2.05) is 49.9 Å². The van der Waals surface area contributed by atoms with Crippen molar-refractivity contribution in [2.24, 2.45) is 22.7 Å². The highest BCUT2D eigenvalue weighted by Crippen LogP contribution is 2.45. The number of amides is 4. The summed E-state index contributed by atoms with van der Waals surface area (Å²) >= 11 is 0. The highest BCUT2D eigenvalue weighted by molar-refractivity contribution is 6.04. The monoisotopic (exact) mass is 813 g/mol. The average Bonchev–Trinajstić information content (AvgIpc) is 4.12. The molecule has 3 aromatic carbocycles. The normalized spacial score (nSPS) is 21.9. The molecule has 4 aliphatic rings. The van der Waals surface area contributed by atoms with Crippen molar-refractivity contribution in [2.45, 2.75) is 96.4 Å². The van der Waals surface area contributed by atoms with Crippen LogP contribution in [0.1, 0.15) is 83.6 Å². The number of aromatic nitrogens is 2. The second kappa shape index (κ2) is 16.9. The molecular weight excluding hydrogens is 759 g/mol. The molecule has 4 aromatic rings. The highest BCUT2D eigenvalue weighted by atomic mass is 16.5. The number of nitrogens with zero attached hydrogens (tertiary/aromatic N) is 4. The number of hydrogen-bond acceptors (Lipinski definition) is 8. The Labute approximate surface area is 351 Å². The van der Waals surface area contributed by atoms with Crippen LogP contribution in [0.5, 0.6) is 0 Å². The first-order valence-corrected chi connectivity index (χ1v) is 21.2. The molecule has 2 bridgehead atoms. The summed E-state index contributed by atoms with van der Waals surface area (Å²) in [7, 11) is 2.61. The number of rotatable bonds is 11. The first-order chi connectivity index (χ1) is 28.9. The second-order valence-electron chi connectivity index (χ2n) is 17.3. The summed E-state index contributed by atoms with van der Waals surface area (Å²) in [5, 5.41) is 7.71. The number of likely N-dealkylation sites (tertiary alicyclic amines) is 2. The number of aliphatic imine (C=N–C) groups is 1. The lowest BCUT2D eigenvalue weighted by atomic mass is 9.89. The van der Waals surface area contributed by atoms with Crippen LogP contribution in [0, 0.1) is 17.8 Å². The van der Waals surface area contributed by atoms with E-state index in [0.29, 0.717) is 18.9 Å². The Morgan fingerprint density at radius 3 is 2.05 bits per heavy atom. The van der Waals surface area contributed by atoms with Gasteiger partial charge in [0.1, 0.15) is 17.9 Å². The largest absolute Gasteiger partial charge is 0.453 e. The van der Waals surface area contributed by atoms with Crippen molar-refractivity contribution >= 4 is 46.1 Å². The number of alkyl carbamates (subject to hydrolysis) is 2. The van der Waals surface area contributed by atoms with Crippen LogP contribution < -0.4 is 10.6 Å². The molecule has 6 atom stereocenters. The minimum atomic E-state index is -0.685. The maximum atomic E-state index is 14.0. The zero-order chi connectivity index (χ0) is 42.2. The molecule has 314 valence electrons. The van der Waals surface area contributed by atoms with Crippen molar-refractivity contribution in [2.75, 3.05) is 20.8 Å². The number of fused-ring (bicyclic) bond motifs is 3. The SMILES string of the molecule is COC(=O)N[C@H](C(=O)N1CCC[C@H]1c1ncc(-c2ccc3cc(-c4ccc(C5=CN=C([C@@H]6[C@H]7CC[C@H](C7)N6C(=O)[C@@H](NC(=O)OC)C(C)C)C5)cc4)ccc3c2)[nH]1)C(C)C. The average molecular weight is 814 g/mol. The van der Waals surface area contributed by atoms with E-state index >= 15 is 0 Å². The molecule has 1 saturated carbocycles. The topological polar surface area (TPSA) is 158 Å². The third-order valence-electron chi connectivity index (χ3n) is 12.9. The Morgan fingerprint density at radius 2 is 1.38 bits per heavy atom. The highest BCUT2D eigenvalue weighted by Gasteiger charge is 2.52. The number of ether oxygens (including phenoxy) is 2. The fourth-order valence-electron chi connectivity index (χ4n) is 9.71. The van der Waals surface area contributed by atoms with Gasteiger partial charge < -0.3 is 34.9 Å². The molecule has 4 amide bonds. The number of benzene rings is 3. The van der Waals surface area contributed by atoms with Gasteiger partial charge in [0.15, 0.2) is 0 Å². The van der Waals surface area contributed by atoms with Crippen LogP contribution in [-0.4, -0.2) is 94.4 Å². The lowest BCUT2D eigenvalue weighted by Gasteiger charge is -2.38. The number of nitrogens with one attached hydrogen (secondary N) is 3. The van der Waals surface area contributed by atoms with E-state index < -0.39 is 24.3 Å². The summed E-state index contributed by atoms with van der Waals surface area (Å²) in [6.45, 7) is 8.30. The van der Waals surface area contributed by atoms with Crippen molar-refractivity contribution in [3.05, 3.63) is 84.4 Å². The molecule has 1 aromatic heterocycles. The lowest BCUT2D eigenvalue weighted by molar-refractivity contribution is -0.137. The molecule has 3 fully saturated rings. The van der Waals surface area contributed by atoms with Crippen molar-refractivity contribution in [1.29, 1.82) is 0 Å². The number of H-pyrrole nitrogens is 1. The standard InChI is InChI=1S/C47H55N7O6/c1-26(2)40(51-46(57)59-5)44(55)53-19-7-8-39(53)43-49-25-38(50-43)33-16-15-31-20-30(13-14-32(31)21-33)28-9-11-29(12-10-28)35-23-37(48-24-35)42-34-17-18-36(22-34)54(42)45(56)41(27(3)4)52-47(58)60-6/h9-16,20-21,24-27,34,36,39-42H,7-8,17-19,22-23H2,1-6H3,(H,49,50)(H,51,57)(H,52,58)/t34-,36+,39-,40-,41-,42-/m0/s1. The Morgan fingerprint density at radius 1 is 0.767 bits per heavy atom. The van der Waals surface area contributed by atoms with Crippen LogP contribution in [0.3, 0.4) is 0 Å². The summed E-state index contributed by atoms with van der Waals surface area (Å²) in [6.07, 6.45) is 7.94. The van der Waals surface area contributed by atoms with Crippen LogP contribution in [0.25, 0.3) is 38.7 Å². The van der Waals surface area contributed by atoms with E-state index in [-0.39, 0.29) is 41.8 Å². The third kappa shape index (κ3) is 7.89. The minimum Gasteiger partial charge on any atom is -0.453 e. The van der Waals surface area contributed by atoms with Gasteiger partial charge in [-0.25, -0.2) is 14.6 Å². The van der Waals surface area contributed by atoms with Gasteiger partial charge in [-0.05, 0) is 95.0 Å². The van der Waals surface area contributed by atoms with Crippen LogP contribution >= 0.6 is 0 Å². The second-order valence-corrected chi connectivity index (χ2v) is 17.3. The van der Waals surface area contributed by atoms with Gasteiger partial charge >= 0.3 is 12.2 Å². The molecular formula is C47H55N7O6. The fraction of sp³-hybridized carbons (Fsp3) is 0.447. The number of imidazole rings is 1. The summed E-state index contributed by atoms with van der Waals surface area (Å²) < 4.78 is 9.61. The summed E-state index contributed by atoms with van der Waals surface area (Å²) in [4.78, 5) is 68.7. The zero-order valence-corrected chi connectivity index (χ0v) is 35.2. The smallest absolute Gasteiger partial charge is 0.407 e. The predicted molar refractivity (Wildman–Crippen MR) is 231 cm³/mol. The first kappa shape index (κ1) is 40.8. The van der Waals surface area contributed by atoms with E-state index in [1.165, 1.54) is 14.2 Å². The quantitative estimate of drug-likeness (QED) is 0.139. The molecule has 60 heavy (non-hydrogen) atoms. The number of piperidine rings is 1. The van der Waals surface area contributed by atoms with Gasteiger partial charge in [-0.2, -0.15) is 0 Å². The van der Waals surface area contributed by atoms with E-state index in [1.54, 1.807) is 0 Å². The van der Waals surface area contributed by atoms with Crippen LogP contribution in [-0.2, 0) is 19.1 Å². The van der Waals surface area contributed by atoms with E-state index in [4.69, 9.17) is 19.5 Å². The molecule has 3 aliphatic heterocycles. The number of carbonyl (C=O) groups excluding carboxylic acids is 4. The van der Waals surface area contributed by atoms with Crippen molar-refractivity contribution in [1.82, 2.24) is 30.4 Å². The molecule has 0 unspecified atom stereocenters. The third-order valence-corrected chi connectivity index (χ3v) is 12.9. The minimum absolute atomic E-state index is 0.0518. The lowest BCUT2D eigenvalue weighted by Crippen LogP contribution is -2.57. The number of allylic oxidation sites excluding steroid dienone is 1. The Hall–Kier alpha value is -5.98. The van der Waals surface area contributed by atoms with E-state index in [9.17, 15) is 19.2 Å². The van der Waals surface area contributed by atoms with Crippen LogP contribution in [0.4, 0.5) is 9.59 Å². The molecule has 0 spiro atoms. The van der Waals surface area contributed by atoms with Gasteiger partial charge in [0.05, 0.1) is 38.2 Å². The van der Waals surface area contributed by atoms with E-state index in [2.05, 4.69) is 76.3 Å². The van der Waals surface area contributed by atoms with Gasteiger partial charge in [0.25, 0.3) is 0 Å². The van der Waals surface area contributed by atoms with Crippen molar-refractivity contribution in [3.63, 3.8) is 0 Å². The molecule has 4 heterocycles. The van der Waals surface area contributed by atoms with Gasteiger partial charge in [-0.1, -0.05) is 76.2 Å². The Balaban J connectivity index is 0.925. The van der Waals surface area contributed by atoms with Gasteiger partial charge in [0.2, 0.25) is 11.8 Å². The fourth-order valence-corrected chi connectivity index (χ4v) is 9.71. The number of aromatic amines is 1. The van der Waals surface area contributed by atoms with Gasteiger partial charge in [0, 0.05) is 36.5 Å². The number of hydrogen-bond donors (Lipinski definition) is 3. The molecule has 8 rings (SSSR count). The number of carbonyl (C=O) groups is 4. The first-order valence-electron chi connectivity index (χ1n) is 21.2. The molecule has 3 N–H and O–H groups in total. The number of methoxy groups -OCH3 is 2. The zero-order valence-electron chi connectivity index (χ0n) is 35.2. The van der Waals surface area contributed by atoms with Crippen LogP contribution in [0.15, 0.2) is 78.1 Å². The van der Waals surface area contributed by atoms with Gasteiger partial charge in [-0.3, -0.25) is 14.6 Å². The molecule has 13 heteroatoms. The van der Waals surface area contributed by atoms with E-state index in [0.717, 1.165) is 87.9 Å². The Bertz CT molecular complexity index is 2350. The predicted octanol–water partition coefficient (Wildman–Crippen LogP) is 7.89.